The molecule has 0 saturated carbocycles. The summed E-state index contributed by atoms with van der Waals surface area (Å²) in [6.07, 6.45) is -0.264. The molecule has 2 aromatic rings. The number of nitrogens with one attached hydrogen (secondary N) is 1. The number of hydrogen-bond donors (Lipinski definition) is 2. The third-order valence-corrected chi connectivity index (χ3v) is 3.89. The van der Waals surface area contributed by atoms with Crippen LogP contribution in [-0.2, 0) is 4.79 Å². The normalized spacial score (nSPS) is 11.5. The number of rotatable bonds is 7. The van der Waals surface area contributed by atoms with Crippen molar-refractivity contribution in [1.29, 1.82) is 0 Å². The molecule has 0 radical (unpaired) electrons. The Morgan fingerprint density at radius 1 is 1.12 bits per heavy atom. The van der Waals surface area contributed by atoms with Crippen LogP contribution >= 0.6 is 0 Å². The topological polar surface area (TPSA) is 84.9 Å². The minimum Gasteiger partial charge on any atom is -0.497 e. The van der Waals surface area contributed by atoms with Gasteiger partial charge in [-0.1, -0.05) is 18.2 Å². The maximum atomic E-state index is 12.6. The molecule has 0 aliphatic rings. The summed E-state index contributed by atoms with van der Waals surface area (Å²) in [6, 6.07) is 11.5. The molecule has 0 aliphatic carbocycles. The second kappa shape index (κ2) is 8.19. The number of amides is 1. The minimum atomic E-state index is -1.02. The van der Waals surface area contributed by atoms with E-state index in [2.05, 4.69) is 5.32 Å². The molecule has 132 valence electrons. The monoisotopic (exact) mass is 343 g/mol. The summed E-state index contributed by atoms with van der Waals surface area (Å²) in [5, 5.41) is 12.0. The molecule has 2 rings (SSSR count). The summed E-state index contributed by atoms with van der Waals surface area (Å²) < 4.78 is 10.5. The molecule has 0 saturated heterocycles. The van der Waals surface area contributed by atoms with Gasteiger partial charge in [0.05, 0.1) is 26.7 Å². The highest BCUT2D eigenvalue weighted by Crippen LogP contribution is 2.31. The Balaban J connectivity index is 2.35. The highest BCUT2D eigenvalue weighted by atomic mass is 16.5. The lowest BCUT2D eigenvalue weighted by Gasteiger charge is -2.21. The second-order valence-corrected chi connectivity index (χ2v) is 5.55. The molecule has 0 fully saturated rings. The van der Waals surface area contributed by atoms with Crippen molar-refractivity contribution in [3.63, 3.8) is 0 Å². The van der Waals surface area contributed by atoms with Crippen LogP contribution in [0.2, 0.25) is 0 Å². The number of carboxylic acid groups (broad SMARTS) is 1. The van der Waals surface area contributed by atoms with Gasteiger partial charge in [-0.3, -0.25) is 9.59 Å². The maximum Gasteiger partial charge on any atom is 0.305 e. The molecule has 0 heterocycles. The lowest BCUT2D eigenvalue weighted by atomic mass is 10.0. The molecule has 1 atom stereocenters. The van der Waals surface area contributed by atoms with Crippen LogP contribution in [0, 0.1) is 6.92 Å². The van der Waals surface area contributed by atoms with Gasteiger partial charge in [-0.15, -0.1) is 0 Å². The fourth-order valence-corrected chi connectivity index (χ4v) is 2.58. The number of aryl methyl sites for hydroxylation is 1. The van der Waals surface area contributed by atoms with E-state index in [-0.39, 0.29) is 12.3 Å². The van der Waals surface area contributed by atoms with Crippen molar-refractivity contribution in [1.82, 2.24) is 5.32 Å². The molecule has 2 N–H and O–H groups in total. The number of carbonyl (C=O) groups excluding carboxylic acids is 1. The van der Waals surface area contributed by atoms with Crippen LogP contribution in [-0.4, -0.2) is 31.2 Å². The number of benzene rings is 2. The van der Waals surface area contributed by atoms with Gasteiger partial charge >= 0.3 is 5.97 Å². The van der Waals surface area contributed by atoms with Crippen LogP contribution < -0.4 is 14.8 Å². The van der Waals surface area contributed by atoms with Crippen LogP contribution in [0.25, 0.3) is 0 Å². The molecule has 1 amide bonds. The molecule has 0 aromatic heterocycles. The molecule has 1 unspecified atom stereocenters. The van der Waals surface area contributed by atoms with Crippen LogP contribution in [0.15, 0.2) is 42.5 Å². The molecule has 6 nitrogen and oxygen atoms in total. The van der Waals surface area contributed by atoms with Crippen molar-refractivity contribution in [3.8, 4) is 11.5 Å². The molecular formula is C19H21NO5. The van der Waals surface area contributed by atoms with Crippen molar-refractivity contribution < 1.29 is 24.2 Å². The van der Waals surface area contributed by atoms with Gasteiger partial charge in [-0.25, -0.2) is 0 Å². The van der Waals surface area contributed by atoms with Crippen molar-refractivity contribution in [2.24, 2.45) is 0 Å². The highest BCUT2D eigenvalue weighted by molar-refractivity contribution is 5.96. The van der Waals surface area contributed by atoms with Crippen molar-refractivity contribution in [2.75, 3.05) is 14.2 Å². The zero-order valence-corrected chi connectivity index (χ0v) is 14.4. The first-order valence-electron chi connectivity index (χ1n) is 7.76. The third-order valence-electron chi connectivity index (χ3n) is 3.89. The standard InChI is InChI=1S/C19H21NO5/c1-12-6-4-5-7-14(12)19(23)20-16(11-18(21)22)15-9-8-13(24-2)10-17(15)25-3/h4-10,16H,11H2,1-3H3,(H,20,23)(H,21,22). The molecule has 2 aromatic carbocycles. The van der Waals surface area contributed by atoms with Crippen molar-refractivity contribution in [2.45, 2.75) is 19.4 Å². The predicted octanol–water partition coefficient (Wildman–Crippen LogP) is 2.96. The molecule has 6 heteroatoms. The summed E-state index contributed by atoms with van der Waals surface area (Å²) in [6.45, 7) is 1.83. The molecular weight excluding hydrogens is 322 g/mol. The van der Waals surface area contributed by atoms with E-state index >= 15 is 0 Å². The second-order valence-electron chi connectivity index (χ2n) is 5.55. The third kappa shape index (κ3) is 4.50. The van der Waals surface area contributed by atoms with Crippen molar-refractivity contribution >= 4 is 11.9 Å². The Labute approximate surface area is 146 Å². The molecule has 0 spiro atoms. The number of carboxylic acids is 1. The van der Waals surface area contributed by atoms with E-state index in [1.54, 1.807) is 30.3 Å². The van der Waals surface area contributed by atoms with Crippen molar-refractivity contribution in [3.05, 3.63) is 59.2 Å². The van der Waals surface area contributed by atoms with Gasteiger partial charge < -0.3 is 19.9 Å². The smallest absolute Gasteiger partial charge is 0.305 e. The molecule has 25 heavy (non-hydrogen) atoms. The average Bonchev–Trinajstić information content (AvgIpc) is 2.60. The van der Waals surface area contributed by atoms with Gasteiger partial charge in [-0.2, -0.15) is 0 Å². The summed E-state index contributed by atoms with van der Waals surface area (Å²) >= 11 is 0. The van der Waals surface area contributed by atoms with Gasteiger partial charge in [0.25, 0.3) is 5.91 Å². The zero-order valence-electron chi connectivity index (χ0n) is 14.4. The number of ether oxygens (including phenoxy) is 2. The van der Waals surface area contributed by atoms with E-state index in [1.165, 1.54) is 14.2 Å². The number of hydrogen-bond acceptors (Lipinski definition) is 4. The van der Waals surface area contributed by atoms with Gasteiger partial charge in [0.15, 0.2) is 0 Å². The van der Waals surface area contributed by atoms with E-state index in [1.807, 2.05) is 19.1 Å². The lowest BCUT2D eigenvalue weighted by Crippen LogP contribution is -2.31. The number of aliphatic carboxylic acids is 1. The quantitative estimate of drug-likeness (QED) is 0.807. The van der Waals surface area contributed by atoms with Crippen LogP contribution in [0.3, 0.4) is 0 Å². The van der Waals surface area contributed by atoms with Gasteiger partial charge in [0, 0.05) is 17.2 Å². The summed E-state index contributed by atoms with van der Waals surface area (Å²) in [7, 11) is 3.02. The minimum absolute atomic E-state index is 0.264. The predicted molar refractivity (Wildman–Crippen MR) is 93.2 cm³/mol. The number of methoxy groups -OCH3 is 2. The van der Waals surface area contributed by atoms with E-state index in [0.717, 1.165) is 5.56 Å². The fraction of sp³-hybridized carbons (Fsp3) is 0.263. The lowest BCUT2D eigenvalue weighted by molar-refractivity contribution is -0.137. The van der Waals surface area contributed by atoms with E-state index in [0.29, 0.717) is 22.6 Å². The number of carbonyl (C=O) groups is 2. The van der Waals surface area contributed by atoms with Crippen LogP contribution in [0.5, 0.6) is 11.5 Å². The Bertz CT molecular complexity index is 772. The fourth-order valence-electron chi connectivity index (χ4n) is 2.58. The first-order chi connectivity index (χ1) is 12.0. The average molecular weight is 343 g/mol. The maximum absolute atomic E-state index is 12.6. The summed E-state index contributed by atoms with van der Waals surface area (Å²) in [5.74, 6) is -0.314. The molecule has 0 bridgehead atoms. The van der Waals surface area contributed by atoms with Gasteiger partial charge in [-0.05, 0) is 30.7 Å². The van der Waals surface area contributed by atoms with Gasteiger partial charge in [0.1, 0.15) is 11.5 Å². The van der Waals surface area contributed by atoms with Gasteiger partial charge in [0.2, 0.25) is 0 Å². The van der Waals surface area contributed by atoms with E-state index in [4.69, 9.17) is 9.47 Å². The summed E-state index contributed by atoms with van der Waals surface area (Å²) in [4.78, 5) is 23.9. The zero-order chi connectivity index (χ0) is 18.4. The van der Waals surface area contributed by atoms with E-state index in [9.17, 15) is 14.7 Å². The van der Waals surface area contributed by atoms with Crippen LogP contribution in [0.4, 0.5) is 0 Å². The molecule has 0 aliphatic heterocycles. The Kier molecular flexibility index (Phi) is 6.00. The Morgan fingerprint density at radius 3 is 2.44 bits per heavy atom. The Hall–Kier alpha value is -3.02. The SMILES string of the molecule is COc1ccc(C(CC(=O)O)NC(=O)c2ccccc2C)c(OC)c1. The highest BCUT2D eigenvalue weighted by Gasteiger charge is 2.23. The van der Waals surface area contributed by atoms with Crippen LogP contribution in [0.1, 0.15) is 33.9 Å². The largest absolute Gasteiger partial charge is 0.497 e. The first-order valence-corrected chi connectivity index (χ1v) is 7.76. The van der Waals surface area contributed by atoms with E-state index < -0.39 is 12.0 Å². The summed E-state index contributed by atoms with van der Waals surface area (Å²) in [5.41, 5.74) is 1.90. The first kappa shape index (κ1) is 18.3. The Morgan fingerprint density at radius 2 is 1.84 bits per heavy atom.